The van der Waals surface area contributed by atoms with Gasteiger partial charge in [-0.25, -0.2) is 0 Å². The highest BCUT2D eigenvalue weighted by molar-refractivity contribution is 7.80. The van der Waals surface area contributed by atoms with Crippen molar-refractivity contribution in [3.8, 4) is 5.75 Å². The highest BCUT2D eigenvalue weighted by Gasteiger charge is 2.42. The quantitative estimate of drug-likeness (QED) is 0.513. The van der Waals surface area contributed by atoms with Crippen LogP contribution in [0.4, 0.5) is 0 Å². The van der Waals surface area contributed by atoms with Crippen molar-refractivity contribution >= 4 is 17.2 Å². The van der Waals surface area contributed by atoms with Crippen molar-refractivity contribution in [1.82, 2.24) is 5.32 Å². The van der Waals surface area contributed by atoms with Crippen LogP contribution in [0.3, 0.4) is 0 Å². The molecular weight excluding hydrogens is 328 g/mol. The Balaban J connectivity index is 2.03. The van der Waals surface area contributed by atoms with Gasteiger partial charge in [-0.05, 0) is 36.3 Å². The molecule has 0 radical (unpaired) electrons. The molecule has 126 valence electrons. The molecule has 1 aromatic rings. The zero-order chi connectivity index (χ0) is 17.3. The first-order valence-corrected chi connectivity index (χ1v) is 8.02. The first-order chi connectivity index (χ1) is 11.5. The lowest BCUT2D eigenvalue weighted by molar-refractivity contribution is -0.532. The van der Waals surface area contributed by atoms with Crippen LogP contribution in [0.5, 0.6) is 5.75 Å². The highest BCUT2D eigenvalue weighted by atomic mass is 32.1. The maximum Gasteiger partial charge on any atom is 0.262 e. The van der Waals surface area contributed by atoms with E-state index in [-0.39, 0.29) is 4.92 Å². The van der Waals surface area contributed by atoms with E-state index in [2.05, 4.69) is 5.32 Å². The summed E-state index contributed by atoms with van der Waals surface area (Å²) in [6.07, 6.45) is 5.20. The number of fused-ring (bicyclic) bond motifs is 1. The van der Waals surface area contributed by atoms with Crippen LogP contribution in [-0.2, 0) is 4.74 Å². The van der Waals surface area contributed by atoms with Gasteiger partial charge in [-0.2, -0.15) is 0 Å². The molecule has 24 heavy (non-hydrogen) atoms. The van der Waals surface area contributed by atoms with Gasteiger partial charge in [-0.1, -0.05) is 18.3 Å². The number of allylic oxidation sites excluding steroid dienone is 3. The smallest absolute Gasteiger partial charge is 0.262 e. The molecule has 0 saturated carbocycles. The third kappa shape index (κ3) is 2.87. The predicted octanol–water partition coefficient (Wildman–Crippen LogP) is 2.91. The molecule has 0 bridgehead atoms. The van der Waals surface area contributed by atoms with E-state index < -0.39 is 12.1 Å². The molecule has 0 amide bonds. The Hall–Kier alpha value is -2.41. The van der Waals surface area contributed by atoms with Crippen molar-refractivity contribution in [1.29, 1.82) is 0 Å². The third-order valence-electron chi connectivity index (χ3n) is 4.46. The van der Waals surface area contributed by atoms with Crippen molar-refractivity contribution in [3.63, 3.8) is 0 Å². The van der Waals surface area contributed by atoms with E-state index >= 15 is 0 Å². The van der Waals surface area contributed by atoms with E-state index in [1.807, 2.05) is 12.2 Å². The third-order valence-corrected chi connectivity index (χ3v) is 4.80. The Morgan fingerprint density at radius 1 is 1.25 bits per heavy atom. The van der Waals surface area contributed by atoms with Gasteiger partial charge in [-0.15, -0.1) is 0 Å². The molecule has 1 heterocycles. The number of rotatable bonds is 4. The maximum absolute atomic E-state index is 11.8. The van der Waals surface area contributed by atoms with Gasteiger partial charge in [-0.3, -0.25) is 10.1 Å². The number of ether oxygens (including phenoxy) is 2. The Bertz CT molecular complexity index is 757. The molecule has 1 aliphatic carbocycles. The number of benzene rings is 1. The molecule has 0 saturated heterocycles. The first-order valence-electron chi connectivity index (χ1n) is 7.61. The molecule has 2 atom stereocenters. The summed E-state index contributed by atoms with van der Waals surface area (Å²) >= 11 is 5.44. The lowest BCUT2D eigenvalue weighted by Crippen LogP contribution is -2.47. The van der Waals surface area contributed by atoms with Crippen molar-refractivity contribution in [2.45, 2.75) is 24.9 Å². The van der Waals surface area contributed by atoms with Gasteiger partial charge in [0, 0.05) is 22.5 Å². The number of hydrogen-bond donors (Lipinski definition) is 1. The number of nitrogens with zero attached hydrogens (tertiary/aromatic N) is 1. The number of nitrogens with one attached hydrogen (secondary N) is 1. The minimum atomic E-state index is -0.888. The average molecular weight is 346 g/mol. The van der Waals surface area contributed by atoms with Gasteiger partial charge >= 0.3 is 0 Å². The molecule has 0 fully saturated rings. The zero-order valence-corrected chi connectivity index (χ0v) is 14.3. The molecule has 1 aliphatic heterocycles. The SMILES string of the molecule is COC1=CC=C(C2NC(=S)c3cc(OC)ccc3C2[N+](=O)[O-])CC1. The molecule has 2 aliphatic rings. The summed E-state index contributed by atoms with van der Waals surface area (Å²) in [6, 6.07) is 3.87. The van der Waals surface area contributed by atoms with Crippen molar-refractivity contribution < 1.29 is 14.4 Å². The second-order valence-corrected chi connectivity index (χ2v) is 6.12. The number of methoxy groups -OCH3 is 2. The fourth-order valence-electron chi connectivity index (χ4n) is 3.19. The molecule has 2 unspecified atom stereocenters. The van der Waals surface area contributed by atoms with Gasteiger partial charge in [0.15, 0.2) is 0 Å². The van der Waals surface area contributed by atoms with Crippen LogP contribution < -0.4 is 10.1 Å². The van der Waals surface area contributed by atoms with Gasteiger partial charge in [0.05, 0.1) is 20.0 Å². The summed E-state index contributed by atoms with van der Waals surface area (Å²) < 4.78 is 10.4. The summed E-state index contributed by atoms with van der Waals surface area (Å²) in [7, 11) is 3.18. The molecule has 7 heteroatoms. The standard InChI is InChI=1S/C17H18N2O4S/c1-22-11-5-3-10(4-6-11)15-16(19(20)21)13-8-7-12(23-2)9-14(13)17(24)18-15/h3,5,7-9,15-16H,4,6H2,1-2H3,(H,18,24). The second-order valence-electron chi connectivity index (χ2n) is 5.71. The van der Waals surface area contributed by atoms with Crippen molar-refractivity contribution in [2.75, 3.05) is 14.2 Å². The van der Waals surface area contributed by atoms with Crippen LogP contribution in [0.15, 0.2) is 41.7 Å². The first kappa shape index (κ1) is 16.4. The summed E-state index contributed by atoms with van der Waals surface area (Å²) in [5.74, 6) is 1.50. The van der Waals surface area contributed by atoms with E-state index in [1.54, 1.807) is 32.4 Å². The van der Waals surface area contributed by atoms with E-state index in [1.165, 1.54) is 0 Å². The van der Waals surface area contributed by atoms with Crippen molar-refractivity contribution in [3.05, 3.63) is 62.9 Å². The average Bonchev–Trinajstić information content (AvgIpc) is 2.61. The summed E-state index contributed by atoms with van der Waals surface area (Å²) in [6.45, 7) is 0. The Labute approximate surface area is 145 Å². The summed E-state index contributed by atoms with van der Waals surface area (Å²) in [5, 5.41) is 14.9. The van der Waals surface area contributed by atoms with E-state index in [4.69, 9.17) is 21.7 Å². The fourth-order valence-corrected chi connectivity index (χ4v) is 3.49. The Morgan fingerprint density at radius 2 is 2.04 bits per heavy atom. The molecule has 6 nitrogen and oxygen atoms in total. The minimum Gasteiger partial charge on any atom is -0.501 e. The van der Waals surface area contributed by atoms with Crippen LogP contribution >= 0.6 is 12.2 Å². The summed E-state index contributed by atoms with van der Waals surface area (Å²) in [5.41, 5.74) is 2.24. The van der Waals surface area contributed by atoms with Crippen LogP contribution in [-0.4, -0.2) is 30.2 Å². The molecular formula is C17H18N2O4S. The monoisotopic (exact) mass is 346 g/mol. The van der Waals surface area contributed by atoms with Crippen LogP contribution in [0.1, 0.15) is 30.0 Å². The van der Waals surface area contributed by atoms with E-state index in [0.29, 0.717) is 28.3 Å². The maximum atomic E-state index is 11.8. The highest BCUT2D eigenvalue weighted by Crippen LogP contribution is 2.36. The Morgan fingerprint density at radius 3 is 2.62 bits per heavy atom. The van der Waals surface area contributed by atoms with Gasteiger partial charge in [0.1, 0.15) is 16.8 Å². The lowest BCUT2D eigenvalue weighted by atomic mass is 9.84. The predicted molar refractivity (Wildman–Crippen MR) is 93.8 cm³/mol. The normalized spacial score (nSPS) is 22.7. The molecule has 1 N–H and O–H groups in total. The number of nitro groups is 1. The lowest BCUT2D eigenvalue weighted by Gasteiger charge is -2.32. The largest absolute Gasteiger partial charge is 0.501 e. The zero-order valence-electron chi connectivity index (χ0n) is 13.4. The van der Waals surface area contributed by atoms with E-state index in [9.17, 15) is 10.1 Å². The fraction of sp³-hybridized carbons (Fsp3) is 0.353. The second kappa shape index (κ2) is 6.60. The Kier molecular flexibility index (Phi) is 4.53. The minimum absolute atomic E-state index is 0.249. The molecule has 0 spiro atoms. The van der Waals surface area contributed by atoms with Crippen LogP contribution in [0.2, 0.25) is 0 Å². The van der Waals surface area contributed by atoms with Crippen LogP contribution in [0.25, 0.3) is 0 Å². The van der Waals surface area contributed by atoms with Crippen molar-refractivity contribution in [2.24, 2.45) is 0 Å². The number of thiocarbonyl (C=S) groups is 1. The van der Waals surface area contributed by atoms with Crippen LogP contribution in [0, 0.1) is 10.1 Å². The summed E-state index contributed by atoms with van der Waals surface area (Å²) in [4.78, 5) is 12.0. The molecule has 3 rings (SSSR count). The molecule has 1 aromatic carbocycles. The topological polar surface area (TPSA) is 73.6 Å². The van der Waals surface area contributed by atoms with Gasteiger partial charge < -0.3 is 14.8 Å². The number of hydrogen-bond acceptors (Lipinski definition) is 5. The van der Waals surface area contributed by atoms with Gasteiger partial charge in [0.25, 0.3) is 6.04 Å². The van der Waals surface area contributed by atoms with Gasteiger partial charge in [0.2, 0.25) is 0 Å². The molecule has 0 aromatic heterocycles. The van der Waals surface area contributed by atoms with E-state index in [0.717, 1.165) is 17.8 Å².